The molecule has 1 amide bonds. The van der Waals surface area contributed by atoms with Crippen molar-refractivity contribution < 1.29 is 14.3 Å². The molecule has 5 heteroatoms. The van der Waals surface area contributed by atoms with E-state index >= 15 is 0 Å². The predicted molar refractivity (Wildman–Crippen MR) is 100 cm³/mol. The normalized spacial score (nSPS) is 20.0. The number of amides is 1. The Morgan fingerprint density at radius 2 is 1.77 bits per heavy atom. The van der Waals surface area contributed by atoms with Gasteiger partial charge in [0.05, 0.1) is 0 Å². The van der Waals surface area contributed by atoms with Crippen LogP contribution in [-0.2, 0) is 0 Å². The maximum atomic E-state index is 13.2. The van der Waals surface area contributed by atoms with Gasteiger partial charge in [-0.25, -0.2) is 4.39 Å². The number of rotatable bonds is 5. The molecular weight excluding hydrogens is 331 g/mol. The van der Waals surface area contributed by atoms with Crippen molar-refractivity contribution in [1.82, 2.24) is 9.80 Å². The van der Waals surface area contributed by atoms with Gasteiger partial charge in [-0.15, -0.1) is 0 Å². The molecule has 1 N–H and O–H groups in total. The average Bonchev–Trinajstić information content (AvgIpc) is 3.04. The molecule has 3 rings (SSSR count). The van der Waals surface area contributed by atoms with Gasteiger partial charge in [0.2, 0.25) is 0 Å². The van der Waals surface area contributed by atoms with Crippen LogP contribution in [0.5, 0.6) is 0 Å². The van der Waals surface area contributed by atoms with Crippen molar-refractivity contribution in [3.63, 3.8) is 0 Å². The number of aliphatic hydroxyl groups is 1. The van der Waals surface area contributed by atoms with Crippen LogP contribution in [0.15, 0.2) is 48.5 Å². The third-order valence-electron chi connectivity index (χ3n) is 5.01. The molecule has 1 saturated heterocycles. The number of nitrogens with zero attached hydrogens (tertiary/aromatic N) is 2. The number of carbonyl (C=O) groups excluding carboxylic acids is 1. The molecule has 0 radical (unpaired) electrons. The van der Waals surface area contributed by atoms with Crippen LogP contribution >= 0.6 is 0 Å². The maximum Gasteiger partial charge on any atom is 0.254 e. The maximum absolute atomic E-state index is 13.2. The Hall–Kier alpha value is -2.24. The fraction of sp³-hybridized carbons (Fsp3) is 0.381. The van der Waals surface area contributed by atoms with Crippen LogP contribution < -0.4 is 0 Å². The van der Waals surface area contributed by atoms with Crippen molar-refractivity contribution in [2.24, 2.45) is 11.8 Å². The van der Waals surface area contributed by atoms with Gasteiger partial charge in [0.15, 0.2) is 0 Å². The van der Waals surface area contributed by atoms with Crippen LogP contribution in [0.3, 0.4) is 0 Å². The summed E-state index contributed by atoms with van der Waals surface area (Å²) in [5, 5.41) is 9.69. The molecule has 1 heterocycles. The number of halogens is 1. The lowest BCUT2D eigenvalue weighted by molar-refractivity contribution is 0.0780. The lowest BCUT2D eigenvalue weighted by Gasteiger charge is -2.20. The van der Waals surface area contributed by atoms with Gasteiger partial charge >= 0.3 is 0 Å². The first-order valence-corrected chi connectivity index (χ1v) is 8.89. The van der Waals surface area contributed by atoms with Crippen molar-refractivity contribution in [2.45, 2.75) is 0 Å². The highest BCUT2D eigenvalue weighted by Gasteiger charge is 2.35. The van der Waals surface area contributed by atoms with E-state index in [0.29, 0.717) is 18.7 Å². The van der Waals surface area contributed by atoms with Crippen LogP contribution in [0.25, 0.3) is 11.1 Å². The number of likely N-dealkylation sites (tertiary alicyclic amines) is 1. The summed E-state index contributed by atoms with van der Waals surface area (Å²) >= 11 is 0. The van der Waals surface area contributed by atoms with Crippen molar-refractivity contribution in [3.8, 4) is 11.1 Å². The third-order valence-corrected chi connectivity index (χ3v) is 5.01. The molecular formula is C21H25FN2O2. The molecule has 138 valence electrons. The Morgan fingerprint density at radius 1 is 1.12 bits per heavy atom. The summed E-state index contributed by atoms with van der Waals surface area (Å²) in [5.41, 5.74) is 2.23. The van der Waals surface area contributed by atoms with Gasteiger partial charge in [0.1, 0.15) is 5.82 Å². The van der Waals surface area contributed by atoms with E-state index in [9.17, 15) is 14.3 Å². The van der Waals surface area contributed by atoms with Crippen LogP contribution in [0.4, 0.5) is 4.39 Å². The standard InChI is InChI=1S/C21H25FN2O2/c1-23(2)11-16-12-24(13-17(16)14-25)21(26)20-6-4-3-5-19(20)15-7-9-18(22)10-8-15/h3-10,16-17,25H,11-14H2,1-2H3/t16-,17-/m1/s1. The minimum Gasteiger partial charge on any atom is -0.396 e. The summed E-state index contributed by atoms with van der Waals surface area (Å²) in [6, 6.07) is 13.6. The van der Waals surface area contributed by atoms with Crippen molar-refractivity contribution in [2.75, 3.05) is 40.3 Å². The molecule has 1 fully saturated rings. The molecule has 2 aromatic rings. The molecule has 2 aromatic carbocycles. The second-order valence-electron chi connectivity index (χ2n) is 7.23. The minimum atomic E-state index is -0.297. The summed E-state index contributed by atoms with van der Waals surface area (Å²) in [7, 11) is 4.01. The second kappa shape index (κ2) is 7.98. The number of hydrogen-bond acceptors (Lipinski definition) is 3. The summed E-state index contributed by atoms with van der Waals surface area (Å²) < 4.78 is 13.2. The smallest absolute Gasteiger partial charge is 0.254 e. The number of carbonyl (C=O) groups is 1. The Balaban J connectivity index is 1.86. The van der Waals surface area contributed by atoms with E-state index in [1.165, 1.54) is 12.1 Å². The Labute approximate surface area is 153 Å². The van der Waals surface area contributed by atoms with Crippen molar-refractivity contribution in [3.05, 3.63) is 59.9 Å². The highest BCUT2D eigenvalue weighted by molar-refractivity contribution is 6.01. The molecule has 0 unspecified atom stereocenters. The average molecular weight is 356 g/mol. The fourth-order valence-corrected chi connectivity index (χ4v) is 3.71. The molecule has 0 aromatic heterocycles. The van der Waals surface area contributed by atoms with Crippen LogP contribution in [0, 0.1) is 17.7 Å². The first-order valence-electron chi connectivity index (χ1n) is 8.89. The van der Waals surface area contributed by atoms with Gasteiger partial charge in [0, 0.05) is 37.7 Å². The van der Waals surface area contributed by atoms with E-state index in [1.807, 2.05) is 43.3 Å². The van der Waals surface area contributed by atoms with E-state index in [-0.39, 0.29) is 30.2 Å². The largest absolute Gasteiger partial charge is 0.396 e. The topological polar surface area (TPSA) is 43.8 Å². The third kappa shape index (κ3) is 3.94. The predicted octanol–water partition coefficient (Wildman–Crippen LogP) is 2.73. The van der Waals surface area contributed by atoms with Crippen molar-refractivity contribution in [1.29, 1.82) is 0 Å². The molecule has 0 saturated carbocycles. The van der Waals surface area contributed by atoms with Gasteiger partial charge < -0.3 is 14.9 Å². The molecule has 1 aliphatic heterocycles. The molecule has 4 nitrogen and oxygen atoms in total. The molecule has 0 bridgehead atoms. The summed E-state index contributed by atoms with van der Waals surface area (Å²) in [5.74, 6) is 0.0234. The molecule has 26 heavy (non-hydrogen) atoms. The second-order valence-corrected chi connectivity index (χ2v) is 7.23. The molecule has 0 spiro atoms. The van der Waals surface area contributed by atoms with Crippen LogP contribution in [0.2, 0.25) is 0 Å². The fourth-order valence-electron chi connectivity index (χ4n) is 3.71. The number of hydrogen-bond donors (Lipinski definition) is 1. The molecule has 0 aliphatic carbocycles. The van der Waals surface area contributed by atoms with Gasteiger partial charge in [-0.3, -0.25) is 4.79 Å². The quantitative estimate of drug-likeness (QED) is 0.896. The van der Waals surface area contributed by atoms with E-state index in [2.05, 4.69) is 4.90 Å². The first-order chi connectivity index (χ1) is 12.5. The Morgan fingerprint density at radius 3 is 2.42 bits per heavy atom. The zero-order valence-electron chi connectivity index (χ0n) is 15.2. The first kappa shape index (κ1) is 18.5. The number of aliphatic hydroxyl groups excluding tert-OH is 1. The molecule has 2 atom stereocenters. The van der Waals surface area contributed by atoms with Crippen LogP contribution in [0.1, 0.15) is 10.4 Å². The molecule has 1 aliphatic rings. The number of benzene rings is 2. The SMILES string of the molecule is CN(C)C[C@@H]1CN(C(=O)c2ccccc2-c2ccc(F)cc2)C[C@@H]1CO. The summed E-state index contributed by atoms with van der Waals surface area (Å²) in [6.07, 6.45) is 0. The minimum absolute atomic E-state index is 0.0374. The Kier molecular flexibility index (Phi) is 5.69. The summed E-state index contributed by atoms with van der Waals surface area (Å²) in [4.78, 5) is 17.1. The highest BCUT2D eigenvalue weighted by atomic mass is 19.1. The monoisotopic (exact) mass is 356 g/mol. The van der Waals surface area contributed by atoms with E-state index < -0.39 is 0 Å². The summed E-state index contributed by atoms with van der Waals surface area (Å²) in [6.45, 7) is 2.13. The van der Waals surface area contributed by atoms with E-state index in [1.54, 1.807) is 12.1 Å². The van der Waals surface area contributed by atoms with Gasteiger partial charge in [0.25, 0.3) is 5.91 Å². The lowest BCUT2D eigenvalue weighted by atomic mass is 9.97. The highest BCUT2D eigenvalue weighted by Crippen LogP contribution is 2.29. The Bertz CT molecular complexity index is 761. The van der Waals surface area contributed by atoms with Crippen molar-refractivity contribution >= 4 is 5.91 Å². The lowest BCUT2D eigenvalue weighted by Crippen LogP contribution is -2.31. The van der Waals surface area contributed by atoms with E-state index in [4.69, 9.17) is 0 Å². The van der Waals surface area contributed by atoms with Gasteiger partial charge in [-0.05, 0) is 49.3 Å². The zero-order chi connectivity index (χ0) is 18.7. The zero-order valence-corrected chi connectivity index (χ0v) is 15.2. The van der Waals surface area contributed by atoms with Crippen LogP contribution in [-0.4, -0.2) is 61.2 Å². The van der Waals surface area contributed by atoms with E-state index in [0.717, 1.165) is 17.7 Å². The van der Waals surface area contributed by atoms with Gasteiger partial charge in [-0.2, -0.15) is 0 Å². The van der Waals surface area contributed by atoms with Gasteiger partial charge in [-0.1, -0.05) is 30.3 Å².